The number of likely N-dealkylation sites (N-methyl/N-ethyl adjacent to an activating group) is 1. The maximum atomic E-state index is 12.4. The number of nitrogens with zero attached hydrogens (tertiary/aromatic N) is 4. The quantitative estimate of drug-likeness (QED) is 0.316. The van der Waals surface area contributed by atoms with E-state index in [1.165, 1.54) is 11.1 Å². The molecule has 196 valence electrons. The van der Waals surface area contributed by atoms with Gasteiger partial charge in [0.05, 0.1) is 0 Å². The van der Waals surface area contributed by atoms with Gasteiger partial charge < -0.3 is 15.7 Å². The Morgan fingerprint density at radius 1 is 1.03 bits per heavy atom. The number of benzene rings is 2. The molecule has 0 fully saturated rings. The molecule has 3 N–H and O–H groups in total. The molecule has 7 heteroatoms. The van der Waals surface area contributed by atoms with E-state index in [9.17, 15) is 4.79 Å². The summed E-state index contributed by atoms with van der Waals surface area (Å²) in [6.07, 6.45) is 5.00. The Morgan fingerprint density at radius 3 is 2.27 bits per heavy atom. The maximum absolute atomic E-state index is 12.4. The molecule has 4 aromatic rings. The summed E-state index contributed by atoms with van der Waals surface area (Å²) in [5.41, 5.74) is 11.5. The molecule has 0 aliphatic heterocycles. The molecular weight excluding hydrogens is 462 g/mol. The van der Waals surface area contributed by atoms with Gasteiger partial charge >= 0.3 is 0 Å². The Bertz CT molecular complexity index is 1280. The molecule has 37 heavy (non-hydrogen) atoms. The molecule has 2 heterocycles. The minimum Gasteiger partial charge on any atom is -0.400 e. The van der Waals surface area contributed by atoms with Crippen LogP contribution in [0.5, 0.6) is 0 Å². The van der Waals surface area contributed by atoms with Crippen molar-refractivity contribution < 1.29 is 9.90 Å². The number of nitrogen functional groups attached to an aromatic ring is 1. The van der Waals surface area contributed by atoms with E-state index in [1.54, 1.807) is 6.20 Å². The lowest BCUT2D eigenvalue weighted by Gasteiger charge is -2.25. The van der Waals surface area contributed by atoms with Crippen molar-refractivity contribution in [3.05, 3.63) is 83.9 Å². The average Bonchev–Trinajstić information content (AvgIpc) is 3.35. The molecular formula is C30H39N5O2. The van der Waals surface area contributed by atoms with Crippen LogP contribution in [0.4, 0.5) is 5.82 Å². The number of fused-ring (bicyclic) bond motifs is 1. The van der Waals surface area contributed by atoms with E-state index in [4.69, 9.17) is 15.8 Å². The molecule has 0 aliphatic rings. The Balaban J connectivity index is 0.00000186. The third-order valence-electron chi connectivity index (χ3n) is 6.93. The summed E-state index contributed by atoms with van der Waals surface area (Å²) < 4.78 is 2.05. The Morgan fingerprint density at radius 2 is 1.68 bits per heavy atom. The molecule has 2 atom stereocenters. The minimum absolute atomic E-state index is 0.0888. The zero-order valence-electron chi connectivity index (χ0n) is 22.6. The zero-order valence-corrected chi connectivity index (χ0v) is 22.6. The van der Waals surface area contributed by atoms with E-state index in [-0.39, 0.29) is 11.8 Å². The lowest BCUT2D eigenvalue weighted by atomic mass is 9.92. The van der Waals surface area contributed by atoms with Crippen molar-refractivity contribution in [3.8, 4) is 11.3 Å². The van der Waals surface area contributed by atoms with Gasteiger partial charge in [-0.2, -0.15) is 0 Å². The first-order valence-electron chi connectivity index (χ1n) is 13.0. The predicted octanol–water partition coefficient (Wildman–Crippen LogP) is 5.49. The molecule has 0 bridgehead atoms. The van der Waals surface area contributed by atoms with Crippen molar-refractivity contribution in [2.24, 2.45) is 0 Å². The summed E-state index contributed by atoms with van der Waals surface area (Å²) in [4.78, 5) is 23.8. The van der Waals surface area contributed by atoms with Crippen LogP contribution < -0.4 is 5.73 Å². The van der Waals surface area contributed by atoms with Gasteiger partial charge in [0.15, 0.2) is 0 Å². The van der Waals surface area contributed by atoms with Crippen molar-refractivity contribution in [2.75, 3.05) is 25.9 Å². The number of carbonyl (C=O) groups is 1. The van der Waals surface area contributed by atoms with Gasteiger partial charge in [-0.3, -0.25) is 9.20 Å². The van der Waals surface area contributed by atoms with Crippen LogP contribution in [0.15, 0.2) is 67.0 Å². The third kappa shape index (κ3) is 6.00. The molecule has 4 rings (SSSR count). The SMILES string of the molecule is CCC(=O)N(CC)C[C@@H](CC)c1nc(-c2ccc([C@H](C)c3ccccc3)cc2)c2c(N)nccn12.CO. The summed E-state index contributed by atoms with van der Waals surface area (Å²) >= 11 is 0. The average molecular weight is 502 g/mol. The number of imidazole rings is 1. The van der Waals surface area contributed by atoms with Crippen LogP contribution in [0.3, 0.4) is 0 Å². The van der Waals surface area contributed by atoms with Crippen LogP contribution in [0.2, 0.25) is 0 Å². The first-order chi connectivity index (χ1) is 18.0. The number of carbonyl (C=O) groups excluding carboxylic acids is 1. The van der Waals surface area contributed by atoms with E-state index >= 15 is 0 Å². The van der Waals surface area contributed by atoms with Crippen molar-refractivity contribution in [1.29, 1.82) is 0 Å². The number of aliphatic hydroxyl groups is 1. The second kappa shape index (κ2) is 13.0. The molecule has 0 saturated carbocycles. The highest BCUT2D eigenvalue weighted by Crippen LogP contribution is 2.33. The molecule has 7 nitrogen and oxygen atoms in total. The number of aromatic nitrogens is 3. The predicted molar refractivity (Wildman–Crippen MR) is 151 cm³/mol. The number of hydrogen-bond donors (Lipinski definition) is 2. The van der Waals surface area contributed by atoms with E-state index in [0.717, 1.165) is 36.1 Å². The summed E-state index contributed by atoms with van der Waals surface area (Å²) in [6, 6.07) is 19.1. The highest BCUT2D eigenvalue weighted by atomic mass is 16.2. The highest BCUT2D eigenvalue weighted by Gasteiger charge is 2.24. The zero-order chi connectivity index (χ0) is 26.9. The standard InChI is InChI=1S/C29H35N5O.CH4O/c1-5-21(19-33(7-3)25(35)6-2)29-32-26(27-28(30)31-17-18-34(27)29)24-15-13-23(14-16-24)20(4)22-11-9-8-10-12-22;1-2/h8-18,20-21H,5-7,19H2,1-4H3,(H2,30,31);2H,1H3/t20-,21-;/m1./s1. The second-order valence-electron chi connectivity index (χ2n) is 9.00. The van der Waals surface area contributed by atoms with Crippen molar-refractivity contribution >= 4 is 17.2 Å². The van der Waals surface area contributed by atoms with Crippen LogP contribution in [0, 0.1) is 0 Å². The number of hydrogen-bond acceptors (Lipinski definition) is 5. The topological polar surface area (TPSA) is 96.8 Å². The van der Waals surface area contributed by atoms with Crippen LogP contribution in [0.25, 0.3) is 16.8 Å². The summed E-state index contributed by atoms with van der Waals surface area (Å²) in [7, 11) is 1.00. The molecule has 1 amide bonds. The molecule has 0 radical (unpaired) electrons. The maximum Gasteiger partial charge on any atom is 0.222 e. The lowest BCUT2D eigenvalue weighted by Crippen LogP contribution is -2.34. The number of rotatable bonds is 9. The van der Waals surface area contributed by atoms with Gasteiger partial charge in [0.25, 0.3) is 0 Å². The van der Waals surface area contributed by atoms with E-state index < -0.39 is 0 Å². The molecule has 2 aromatic carbocycles. The molecule has 0 spiro atoms. The van der Waals surface area contributed by atoms with Gasteiger partial charge in [-0.1, -0.05) is 75.4 Å². The third-order valence-corrected chi connectivity index (χ3v) is 6.93. The van der Waals surface area contributed by atoms with Gasteiger partial charge in [-0.15, -0.1) is 0 Å². The van der Waals surface area contributed by atoms with Crippen LogP contribution in [-0.4, -0.2) is 50.5 Å². The fourth-order valence-electron chi connectivity index (χ4n) is 4.73. The van der Waals surface area contributed by atoms with Gasteiger partial charge in [-0.25, -0.2) is 9.97 Å². The van der Waals surface area contributed by atoms with Gasteiger partial charge in [0.2, 0.25) is 5.91 Å². The first kappa shape index (κ1) is 27.9. The van der Waals surface area contributed by atoms with E-state index in [0.29, 0.717) is 31.2 Å². The lowest BCUT2D eigenvalue weighted by molar-refractivity contribution is -0.130. The molecule has 2 aromatic heterocycles. The Hall–Kier alpha value is -3.71. The van der Waals surface area contributed by atoms with Crippen LogP contribution in [-0.2, 0) is 4.79 Å². The number of aliphatic hydroxyl groups excluding tert-OH is 1. The van der Waals surface area contributed by atoms with E-state index in [2.05, 4.69) is 71.8 Å². The minimum atomic E-state index is 0.0888. The fraction of sp³-hybridized carbons (Fsp3) is 0.367. The summed E-state index contributed by atoms with van der Waals surface area (Å²) in [6.45, 7) is 9.61. The van der Waals surface area contributed by atoms with Crippen molar-refractivity contribution in [1.82, 2.24) is 19.3 Å². The van der Waals surface area contributed by atoms with Crippen LogP contribution >= 0.6 is 0 Å². The fourth-order valence-corrected chi connectivity index (χ4v) is 4.73. The summed E-state index contributed by atoms with van der Waals surface area (Å²) in [5, 5.41) is 7.00. The Labute approximate surface area is 220 Å². The Kier molecular flexibility index (Phi) is 9.80. The van der Waals surface area contributed by atoms with Crippen molar-refractivity contribution in [2.45, 2.75) is 52.4 Å². The summed E-state index contributed by atoms with van der Waals surface area (Å²) in [5.74, 6) is 1.92. The van der Waals surface area contributed by atoms with Crippen molar-refractivity contribution in [3.63, 3.8) is 0 Å². The van der Waals surface area contributed by atoms with Gasteiger partial charge in [0, 0.05) is 56.4 Å². The second-order valence-corrected chi connectivity index (χ2v) is 9.00. The smallest absolute Gasteiger partial charge is 0.222 e. The molecule has 0 unspecified atom stereocenters. The number of anilines is 1. The number of amides is 1. The largest absolute Gasteiger partial charge is 0.400 e. The highest BCUT2D eigenvalue weighted by molar-refractivity contribution is 5.85. The van der Waals surface area contributed by atoms with E-state index in [1.807, 2.05) is 31.0 Å². The monoisotopic (exact) mass is 501 g/mol. The normalized spacial score (nSPS) is 12.5. The van der Waals surface area contributed by atoms with Crippen LogP contribution in [0.1, 0.15) is 69.3 Å². The molecule has 0 aliphatic carbocycles. The number of nitrogens with two attached hydrogens (primary N) is 1. The van der Waals surface area contributed by atoms with Gasteiger partial charge in [0.1, 0.15) is 22.9 Å². The van der Waals surface area contributed by atoms with Gasteiger partial charge in [-0.05, 0) is 24.5 Å². The first-order valence-corrected chi connectivity index (χ1v) is 13.0. The molecule has 0 saturated heterocycles.